The summed E-state index contributed by atoms with van der Waals surface area (Å²) in [7, 11) is 3.89. The van der Waals surface area contributed by atoms with Gasteiger partial charge in [-0.1, -0.05) is 17.7 Å². The van der Waals surface area contributed by atoms with E-state index in [9.17, 15) is 14.4 Å². The van der Waals surface area contributed by atoms with E-state index in [1.165, 1.54) is 6.92 Å². The van der Waals surface area contributed by atoms with Crippen LogP contribution in [0.15, 0.2) is 66.7 Å². The fourth-order valence-corrected chi connectivity index (χ4v) is 5.15. The van der Waals surface area contributed by atoms with E-state index < -0.39 is 5.97 Å². The third-order valence-electron chi connectivity index (χ3n) is 6.89. The molecule has 1 aliphatic rings. The highest BCUT2D eigenvalue weighted by Crippen LogP contribution is 2.44. The number of esters is 1. The fourth-order valence-electron chi connectivity index (χ4n) is 5.02. The Bertz CT molecular complexity index is 1370. The average molecular weight is 564 g/mol. The summed E-state index contributed by atoms with van der Waals surface area (Å²) in [6, 6.07) is 19.3. The van der Waals surface area contributed by atoms with Gasteiger partial charge in [0.05, 0.1) is 18.3 Å². The number of carbonyl (C=O) groups excluding carboxylic acids is 3. The van der Waals surface area contributed by atoms with Crippen LogP contribution >= 0.6 is 11.6 Å². The summed E-state index contributed by atoms with van der Waals surface area (Å²) in [6.07, 6.45) is 0.514. The predicted octanol–water partition coefficient (Wildman–Crippen LogP) is 5.88. The van der Waals surface area contributed by atoms with Crippen molar-refractivity contribution in [2.45, 2.75) is 39.3 Å². The Morgan fingerprint density at radius 2 is 1.62 bits per heavy atom. The lowest BCUT2D eigenvalue weighted by molar-refractivity contribution is -0.145. The van der Waals surface area contributed by atoms with Crippen LogP contribution in [0.2, 0.25) is 5.02 Å². The molecule has 0 fully saturated rings. The second-order valence-corrected chi connectivity index (χ2v) is 10.3. The van der Waals surface area contributed by atoms with Crippen molar-refractivity contribution in [2.75, 3.05) is 42.0 Å². The third kappa shape index (κ3) is 6.23. The van der Waals surface area contributed by atoms with Crippen LogP contribution in [0.1, 0.15) is 49.2 Å². The molecular weight excluding hydrogens is 530 g/mol. The number of hydrogen-bond donors (Lipinski definition) is 0. The molecule has 3 aromatic rings. The van der Waals surface area contributed by atoms with Crippen LogP contribution in [0.4, 0.5) is 17.1 Å². The normalized spacial score (nSPS) is 16.1. The van der Waals surface area contributed by atoms with Crippen LogP contribution in [0.5, 0.6) is 5.75 Å². The summed E-state index contributed by atoms with van der Waals surface area (Å²) in [5, 5.41) is 0.574. The van der Waals surface area contributed by atoms with E-state index in [0.717, 1.165) is 11.3 Å². The first-order valence-corrected chi connectivity index (χ1v) is 13.6. The van der Waals surface area contributed by atoms with Gasteiger partial charge in [-0.3, -0.25) is 9.59 Å². The third-order valence-corrected chi connectivity index (χ3v) is 7.14. The van der Waals surface area contributed by atoms with Crippen molar-refractivity contribution in [3.8, 4) is 5.75 Å². The van der Waals surface area contributed by atoms with Gasteiger partial charge in [-0.25, -0.2) is 4.79 Å². The molecule has 0 saturated heterocycles. The van der Waals surface area contributed by atoms with Gasteiger partial charge in [0, 0.05) is 55.1 Å². The summed E-state index contributed by atoms with van der Waals surface area (Å²) in [5.74, 6) is -0.361. The highest BCUT2D eigenvalue weighted by atomic mass is 35.5. The number of carbonyl (C=O) groups is 3. The zero-order chi connectivity index (χ0) is 29.0. The zero-order valence-corrected chi connectivity index (χ0v) is 24.1. The van der Waals surface area contributed by atoms with Crippen LogP contribution in [0, 0.1) is 0 Å². The van der Waals surface area contributed by atoms with E-state index in [-0.39, 0.29) is 37.1 Å². The highest BCUT2D eigenvalue weighted by molar-refractivity contribution is 6.30. The molecule has 0 saturated carbocycles. The lowest BCUT2D eigenvalue weighted by Crippen LogP contribution is -2.47. The molecule has 1 heterocycles. The van der Waals surface area contributed by atoms with Crippen molar-refractivity contribution in [1.29, 1.82) is 0 Å². The number of rotatable bonds is 8. The predicted molar refractivity (Wildman–Crippen MR) is 158 cm³/mol. The molecule has 1 aliphatic heterocycles. The first-order chi connectivity index (χ1) is 19.1. The largest absolute Gasteiger partial charge is 0.482 e. The Morgan fingerprint density at radius 3 is 2.23 bits per heavy atom. The number of benzene rings is 3. The Morgan fingerprint density at radius 1 is 0.975 bits per heavy atom. The molecule has 0 N–H and O–H groups in total. The standard InChI is InChI=1S/C31H34ClN3O5/c1-6-39-30(37)19-40-26-15-16-27-28(35(21(3)36)25-13-9-23(32)10-14-25)17-20(2)34(29(27)18-26)31(38)22-7-11-24(12-8-22)33(4)5/h7-16,18,20,28H,6,17,19H2,1-5H3/t20-,28+/m0/s1. The minimum atomic E-state index is -0.481. The summed E-state index contributed by atoms with van der Waals surface area (Å²) >= 11 is 6.12. The molecule has 0 radical (unpaired) electrons. The van der Waals surface area contributed by atoms with Crippen molar-refractivity contribution >= 4 is 46.4 Å². The van der Waals surface area contributed by atoms with Crippen LogP contribution in [-0.4, -0.2) is 51.1 Å². The lowest BCUT2D eigenvalue weighted by atomic mass is 9.89. The van der Waals surface area contributed by atoms with Crippen molar-refractivity contribution in [3.05, 3.63) is 82.9 Å². The van der Waals surface area contributed by atoms with Gasteiger partial charge in [0.15, 0.2) is 6.61 Å². The maximum absolute atomic E-state index is 13.9. The van der Waals surface area contributed by atoms with E-state index in [2.05, 4.69) is 0 Å². The smallest absolute Gasteiger partial charge is 0.344 e. The maximum atomic E-state index is 13.9. The summed E-state index contributed by atoms with van der Waals surface area (Å²) in [5.41, 5.74) is 3.65. The van der Waals surface area contributed by atoms with E-state index in [4.69, 9.17) is 21.1 Å². The van der Waals surface area contributed by atoms with Crippen molar-refractivity contribution < 1.29 is 23.9 Å². The van der Waals surface area contributed by atoms with Gasteiger partial charge in [0.2, 0.25) is 5.91 Å². The number of hydrogen-bond acceptors (Lipinski definition) is 6. The topological polar surface area (TPSA) is 79.4 Å². The summed E-state index contributed by atoms with van der Waals surface area (Å²) in [6.45, 7) is 5.23. The number of nitrogens with zero attached hydrogens (tertiary/aromatic N) is 3. The van der Waals surface area contributed by atoms with Gasteiger partial charge in [-0.05, 0) is 80.4 Å². The number of halogens is 1. The second-order valence-electron chi connectivity index (χ2n) is 9.90. The van der Waals surface area contributed by atoms with Gasteiger partial charge in [0.1, 0.15) is 5.75 Å². The molecule has 0 aliphatic carbocycles. The van der Waals surface area contributed by atoms with Crippen LogP contribution in [0.3, 0.4) is 0 Å². The lowest BCUT2D eigenvalue weighted by Gasteiger charge is -2.43. The number of fused-ring (bicyclic) bond motifs is 1. The number of ether oxygens (including phenoxy) is 2. The van der Waals surface area contributed by atoms with Gasteiger partial charge < -0.3 is 24.2 Å². The molecule has 0 bridgehead atoms. The Balaban J connectivity index is 1.77. The minimum absolute atomic E-state index is 0.132. The van der Waals surface area contributed by atoms with E-state index >= 15 is 0 Å². The second kappa shape index (κ2) is 12.4. The molecule has 0 unspecified atom stereocenters. The summed E-state index contributed by atoms with van der Waals surface area (Å²) in [4.78, 5) is 44.3. The monoisotopic (exact) mass is 563 g/mol. The zero-order valence-electron chi connectivity index (χ0n) is 23.4. The number of anilines is 3. The van der Waals surface area contributed by atoms with Crippen molar-refractivity contribution in [3.63, 3.8) is 0 Å². The van der Waals surface area contributed by atoms with E-state index in [1.807, 2.05) is 68.4 Å². The molecule has 9 heteroatoms. The van der Waals surface area contributed by atoms with Gasteiger partial charge in [0.25, 0.3) is 5.91 Å². The molecule has 210 valence electrons. The highest BCUT2D eigenvalue weighted by Gasteiger charge is 2.38. The van der Waals surface area contributed by atoms with Crippen LogP contribution in [0.25, 0.3) is 0 Å². The molecule has 8 nitrogen and oxygen atoms in total. The molecular formula is C31H34ClN3O5. The Hall–Kier alpha value is -4.04. The maximum Gasteiger partial charge on any atom is 0.344 e. The van der Waals surface area contributed by atoms with Crippen molar-refractivity contribution in [1.82, 2.24) is 0 Å². The quantitative estimate of drug-likeness (QED) is 0.318. The Labute approximate surface area is 240 Å². The molecule has 0 spiro atoms. The van der Waals surface area contributed by atoms with Gasteiger partial charge in [-0.2, -0.15) is 0 Å². The van der Waals surface area contributed by atoms with E-state index in [1.54, 1.807) is 41.0 Å². The average Bonchev–Trinajstić information content (AvgIpc) is 2.92. The van der Waals surface area contributed by atoms with E-state index in [0.29, 0.717) is 34.1 Å². The van der Waals surface area contributed by atoms with Crippen LogP contribution in [-0.2, 0) is 14.3 Å². The fraction of sp³-hybridized carbons (Fsp3) is 0.323. The molecule has 3 aromatic carbocycles. The SMILES string of the molecule is CCOC(=O)COc1ccc2c(c1)N(C(=O)c1ccc(N(C)C)cc1)[C@@H](C)C[C@H]2N(C(C)=O)c1ccc(Cl)cc1. The summed E-state index contributed by atoms with van der Waals surface area (Å²) < 4.78 is 10.7. The first kappa shape index (κ1) is 29.0. The molecule has 2 atom stereocenters. The molecule has 40 heavy (non-hydrogen) atoms. The molecule has 2 amide bonds. The minimum Gasteiger partial charge on any atom is -0.482 e. The molecule has 4 rings (SSSR count). The Kier molecular flexibility index (Phi) is 9.00. The molecule has 0 aromatic heterocycles. The first-order valence-electron chi connectivity index (χ1n) is 13.2. The number of amides is 2. The van der Waals surface area contributed by atoms with Gasteiger partial charge >= 0.3 is 5.97 Å². The van der Waals surface area contributed by atoms with Crippen molar-refractivity contribution in [2.24, 2.45) is 0 Å². The van der Waals surface area contributed by atoms with Gasteiger partial charge in [-0.15, -0.1) is 0 Å². The van der Waals surface area contributed by atoms with Crippen LogP contribution < -0.4 is 19.4 Å².